The van der Waals surface area contributed by atoms with Crippen molar-refractivity contribution in [2.45, 2.75) is 12.6 Å². The number of Topliss-reactive ketones (excluding diaryl/α,β-unsaturated/α-hetero) is 1. The maximum absolute atomic E-state index is 11.8. The molecule has 0 bridgehead atoms. The van der Waals surface area contributed by atoms with Crippen molar-refractivity contribution in [3.05, 3.63) is 19.6 Å². The van der Waals surface area contributed by atoms with Crippen molar-refractivity contribution in [2.75, 3.05) is 0 Å². The first kappa shape index (κ1) is 10.2. The number of carbonyl (C=O) groups excluding carboxylic acids is 1. The molecule has 11 heavy (non-hydrogen) atoms. The standard InChI is InChI=1S/C7H8F3O/c1-3-4-6(5(2)11)7(8,9)10/h3,6H,1-2,4H2/t6-/m1/s1. The highest BCUT2D eigenvalue weighted by Gasteiger charge is 2.41. The second-order valence-electron chi connectivity index (χ2n) is 2.08. The van der Waals surface area contributed by atoms with Gasteiger partial charge in [0.05, 0.1) is 0 Å². The minimum atomic E-state index is -4.49. The SMILES string of the molecule is [CH2]C(=O)[C@@H](CC=C)C(F)(F)F. The first-order chi connectivity index (χ1) is 4.89. The fourth-order valence-corrected chi connectivity index (χ4v) is 0.614. The van der Waals surface area contributed by atoms with E-state index in [4.69, 9.17) is 0 Å². The van der Waals surface area contributed by atoms with E-state index < -0.39 is 24.3 Å². The zero-order chi connectivity index (χ0) is 9.07. The summed E-state index contributed by atoms with van der Waals surface area (Å²) < 4.78 is 35.5. The Bertz CT molecular complexity index is 160. The third-order valence-electron chi connectivity index (χ3n) is 1.19. The molecule has 1 nitrogen and oxygen atoms in total. The molecule has 0 fully saturated rings. The minimum absolute atomic E-state index is 0.397. The van der Waals surface area contributed by atoms with Gasteiger partial charge in [0.15, 0.2) is 0 Å². The highest BCUT2D eigenvalue weighted by Crippen LogP contribution is 2.29. The molecule has 63 valence electrons. The van der Waals surface area contributed by atoms with E-state index in [0.717, 1.165) is 6.08 Å². The van der Waals surface area contributed by atoms with E-state index in [9.17, 15) is 18.0 Å². The Morgan fingerprint density at radius 2 is 2.00 bits per heavy atom. The lowest BCUT2D eigenvalue weighted by molar-refractivity contribution is -0.177. The number of carbonyl (C=O) groups is 1. The largest absolute Gasteiger partial charge is 0.398 e. The van der Waals surface area contributed by atoms with Gasteiger partial charge in [-0.2, -0.15) is 13.2 Å². The molecule has 0 aliphatic rings. The summed E-state index contributed by atoms with van der Waals surface area (Å²) >= 11 is 0. The summed E-state index contributed by atoms with van der Waals surface area (Å²) in [6.45, 7) is 5.83. The molecular weight excluding hydrogens is 157 g/mol. The molecule has 1 radical (unpaired) electrons. The lowest BCUT2D eigenvalue weighted by Gasteiger charge is -2.14. The first-order valence-corrected chi connectivity index (χ1v) is 2.93. The molecule has 0 aliphatic heterocycles. The van der Waals surface area contributed by atoms with E-state index >= 15 is 0 Å². The smallest absolute Gasteiger partial charge is 0.299 e. The van der Waals surface area contributed by atoms with Gasteiger partial charge in [-0.05, 0) is 6.42 Å². The van der Waals surface area contributed by atoms with Crippen LogP contribution in [0, 0.1) is 12.8 Å². The molecule has 4 heteroatoms. The Hall–Kier alpha value is -0.800. The molecule has 0 aromatic carbocycles. The van der Waals surface area contributed by atoms with Gasteiger partial charge in [-0.3, -0.25) is 4.79 Å². The van der Waals surface area contributed by atoms with Gasteiger partial charge in [0.1, 0.15) is 11.7 Å². The fourth-order valence-electron chi connectivity index (χ4n) is 0.614. The average molecular weight is 165 g/mol. The summed E-state index contributed by atoms with van der Waals surface area (Å²) in [6.07, 6.45) is -3.83. The summed E-state index contributed by atoms with van der Waals surface area (Å²) in [5.41, 5.74) is 0. The Morgan fingerprint density at radius 3 is 2.09 bits per heavy atom. The molecule has 0 aromatic heterocycles. The zero-order valence-corrected chi connectivity index (χ0v) is 5.82. The van der Waals surface area contributed by atoms with Crippen LogP contribution in [0.25, 0.3) is 0 Å². The number of ketones is 1. The van der Waals surface area contributed by atoms with Gasteiger partial charge in [0, 0.05) is 6.92 Å². The van der Waals surface area contributed by atoms with Gasteiger partial charge in [-0.25, -0.2) is 0 Å². The maximum Gasteiger partial charge on any atom is 0.398 e. The topological polar surface area (TPSA) is 17.1 Å². The van der Waals surface area contributed by atoms with Crippen LogP contribution in [0.5, 0.6) is 0 Å². The molecule has 0 spiro atoms. The predicted octanol–water partition coefficient (Wildman–Crippen LogP) is 2.14. The van der Waals surface area contributed by atoms with Crippen LogP contribution in [-0.2, 0) is 4.79 Å². The second kappa shape index (κ2) is 3.55. The molecule has 0 aliphatic carbocycles. The van der Waals surface area contributed by atoms with Crippen LogP contribution in [0.4, 0.5) is 13.2 Å². The van der Waals surface area contributed by atoms with Crippen molar-refractivity contribution in [1.29, 1.82) is 0 Å². The number of hydrogen-bond donors (Lipinski definition) is 0. The highest BCUT2D eigenvalue weighted by atomic mass is 19.4. The maximum atomic E-state index is 11.8. The number of hydrogen-bond acceptors (Lipinski definition) is 1. The van der Waals surface area contributed by atoms with Crippen molar-refractivity contribution in [1.82, 2.24) is 0 Å². The van der Waals surface area contributed by atoms with E-state index in [1.807, 2.05) is 0 Å². The molecular formula is C7H8F3O. The Morgan fingerprint density at radius 1 is 1.55 bits per heavy atom. The van der Waals surface area contributed by atoms with E-state index in [1.54, 1.807) is 0 Å². The molecule has 0 aromatic rings. The highest BCUT2D eigenvalue weighted by molar-refractivity contribution is 5.85. The molecule has 0 N–H and O–H groups in total. The van der Waals surface area contributed by atoms with Crippen LogP contribution in [0.1, 0.15) is 6.42 Å². The summed E-state index contributed by atoms with van der Waals surface area (Å²) in [5, 5.41) is 0. The molecule has 0 unspecified atom stereocenters. The van der Waals surface area contributed by atoms with Gasteiger partial charge in [0.2, 0.25) is 0 Å². The van der Waals surface area contributed by atoms with Gasteiger partial charge < -0.3 is 0 Å². The summed E-state index contributed by atoms with van der Waals surface area (Å²) in [6, 6.07) is 0. The van der Waals surface area contributed by atoms with E-state index in [2.05, 4.69) is 13.5 Å². The average Bonchev–Trinajstić information content (AvgIpc) is 1.79. The molecule has 0 amide bonds. The monoisotopic (exact) mass is 165 g/mol. The van der Waals surface area contributed by atoms with Crippen LogP contribution in [0.3, 0.4) is 0 Å². The van der Waals surface area contributed by atoms with Crippen molar-refractivity contribution < 1.29 is 18.0 Å². The number of halogens is 3. The van der Waals surface area contributed by atoms with Crippen LogP contribution < -0.4 is 0 Å². The van der Waals surface area contributed by atoms with Crippen molar-refractivity contribution in [3.8, 4) is 0 Å². The zero-order valence-electron chi connectivity index (χ0n) is 5.82. The molecule has 1 atom stereocenters. The van der Waals surface area contributed by atoms with Crippen LogP contribution in [0.2, 0.25) is 0 Å². The van der Waals surface area contributed by atoms with E-state index in [1.165, 1.54) is 0 Å². The van der Waals surface area contributed by atoms with Crippen LogP contribution in [0.15, 0.2) is 12.7 Å². The van der Waals surface area contributed by atoms with Crippen LogP contribution >= 0.6 is 0 Å². The lowest BCUT2D eigenvalue weighted by atomic mass is 10.0. The minimum Gasteiger partial charge on any atom is -0.299 e. The number of alkyl halides is 3. The summed E-state index contributed by atoms with van der Waals surface area (Å²) in [4.78, 5) is 10.3. The normalized spacial score (nSPS) is 14.2. The second-order valence-corrected chi connectivity index (χ2v) is 2.08. The Kier molecular flexibility index (Phi) is 3.29. The van der Waals surface area contributed by atoms with Gasteiger partial charge in [-0.1, -0.05) is 6.08 Å². The van der Waals surface area contributed by atoms with E-state index in [0.29, 0.717) is 0 Å². The van der Waals surface area contributed by atoms with Crippen molar-refractivity contribution in [3.63, 3.8) is 0 Å². The third-order valence-corrected chi connectivity index (χ3v) is 1.19. The van der Waals surface area contributed by atoms with Crippen molar-refractivity contribution >= 4 is 5.78 Å². The van der Waals surface area contributed by atoms with Crippen molar-refractivity contribution in [2.24, 2.45) is 5.92 Å². The van der Waals surface area contributed by atoms with Gasteiger partial charge in [0.25, 0.3) is 0 Å². The van der Waals surface area contributed by atoms with Gasteiger partial charge >= 0.3 is 6.18 Å². The molecule has 0 saturated carbocycles. The van der Waals surface area contributed by atoms with Crippen LogP contribution in [-0.4, -0.2) is 12.0 Å². The molecule has 0 rings (SSSR count). The fraction of sp³-hybridized carbons (Fsp3) is 0.429. The Balaban J connectivity index is 4.34. The number of allylic oxidation sites excluding steroid dienone is 1. The quantitative estimate of drug-likeness (QED) is 0.585. The predicted molar refractivity (Wildman–Crippen MR) is 34.7 cm³/mol. The molecule has 0 heterocycles. The third kappa shape index (κ3) is 3.20. The Labute approximate surface area is 62.9 Å². The lowest BCUT2D eigenvalue weighted by Crippen LogP contribution is -2.28. The first-order valence-electron chi connectivity index (χ1n) is 2.93. The number of rotatable bonds is 3. The molecule has 0 saturated heterocycles. The van der Waals surface area contributed by atoms with Gasteiger partial charge in [-0.15, -0.1) is 6.58 Å². The summed E-state index contributed by atoms with van der Waals surface area (Å²) in [7, 11) is 0. The summed E-state index contributed by atoms with van der Waals surface area (Å²) in [5.74, 6) is -3.10. The van der Waals surface area contributed by atoms with E-state index in [-0.39, 0.29) is 0 Å².